The molecule has 5 nitrogen and oxygen atoms in total. The lowest BCUT2D eigenvalue weighted by Crippen LogP contribution is -2.39. The smallest absolute Gasteiger partial charge is 0.231 e. The van der Waals surface area contributed by atoms with Crippen molar-refractivity contribution < 1.29 is 9.47 Å². The van der Waals surface area contributed by atoms with Crippen molar-refractivity contribution in [1.82, 2.24) is 10.6 Å². The summed E-state index contributed by atoms with van der Waals surface area (Å²) in [6.07, 6.45) is 2.04. The Morgan fingerprint density at radius 3 is 2.81 bits per heavy atom. The summed E-state index contributed by atoms with van der Waals surface area (Å²) in [5, 5.41) is 6.91. The minimum Gasteiger partial charge on any atom is -0.454 e. The van der Waals surface area contributed by atoms with Crippen molar-refractivity contribution in [2.24, 2.45) is 4.99 Å². The van der Waals surface area contributed by atoms with Crippen LogP contribution in [0.25, 0.3) is 0 Å². The van der Waals surface area contributed by atoms with Gasteiger partial charge in [-0.15, -0.1) is 0 Å². The van der Waals surface area contributed by atoms with Crippen LogP contribution in [0.2, 0.25) is 0 Å². The lowest BCUT2D eigenvalue weighted by atomic mass is 10.1. The van der Waals surface area contributed by atoms with Gasteiger partial charge in [0.05, 0.1) is 0 Å². The first kappa shape index (κ1) is 16.8. The topological polar surface area (TPSA) is 54.9 Å². The van der Waals surface area contributed by atoms with Gasteiger partial charge in [-0.25, -0.2) is 0 Å². The quantitative estimate of drug-likeness (QED) is 0.620. The highest BCUT2D eigenvalue weighted by atomic mass is 16.7. The van der Waals surface area contributed by atoms with Gasteiger partial charge in [0, 0.05) is 25.0 Å². The van der Waals surface area contributed by atoms with E-state index in [1.807, 2.05) is 12.1 Å². The molecule has 0 bridgehead atoms. The Morgan fingerprint density at radius 2 is 1.96 bits per heavy atom. The number of nitrogens with one attached hydrogen (secondary N) is 2. The van der Waals surface area contributed by atoms with Crippen molar-refractivity contribution in [2.45, 2.75) is 31.7 Å². The van der Waals surface area contributed by atoms with Crippen molar-refractivity contribution in [2.75, 3.05) is 19.9 Å². The summed E-state index contributed by atoms with van der Waals surface area (Å²) in [7, 11) is 0. The Morgan fingerprint density at radius 1 is 1.12 bits per heavy atom. The van der Waals surface area contributed by atoms with Gasteiger partial charge < -0.3 is 20.1 Å². The van der Waals surface area contributed by atoms with E-state index >= 15 is 0 Å². The van der Waals surface area contributed by atoms with Gasteiger partial charge in [0.2, 0.25) is 6.79 Å². The van der Waals surface area contributed by atoms with Crippen molar-refractivity contribution in [1.29, 1.82) is 0 Å². The van der Waals surface area contributed by atoms with Crippen LogP contribution in [-0.2, 0) is 6.42 Å². The molecule has 0 spiro atoms. The van der Waals surface area contributed by atoms with E-state index in [0.29, 0.717) is 18.8 Å². The molecule has 2 aliphatic rings. The Hall–Kier alpha value is -2.69. The summed E-state index contributed by atoms with van der Waals surface area (Å²) < 4.78 is 10.8. The van der Waals surface area contributed by atoms with Crippen LogP contribution >= 0.6 is 0 Å². The third kappa shape index (κ3) is 3.93. The maximum atomic E-state index is 5.44. The molecule has 2 atom stereocenters. The normalized spacial score (nSPS) is 20.7. The fourth-order valence-corrected chi connectivity index (χ4v) is 3.31. The van der Waals surface area contributed by atoms with Gasteiger partial charge in [0.25, 0.3) is 0 Å². The third-order valence-corrected chi connectivity index (χ3v) is 4.79. The highest BCUT2D eigenvalue weighted by molar-refractivity contribution is 5.80. The zero-order chi connectivity index (χ0) is 17.8. The second-order valence-corrected chi connectivity index (χ2v) is 6.70. The summed E-state index contributed by atoms with van der Waals surface area (Å²) in [4.78, 5) is 4.73. The summed E-state index contributed by atoms with van der Waals surface area (Å²) in [6, 6.07) is 17.3. The molecule has 2 aromatic carbocycles. The van der Waals surface area contributed by atoms with Gasteiger partial charge in [0.15, 0.2) is 17.5 Å². The Kier molecular flexibility index (Phi) is 4.95. The van der Waals surface area contributed by atoms with Crippen molar-refractivity contribution >= 4 is 5.96 Å². The van der Waals surface area contributed by atoms with Gasteiger partial charge in [-0.3, -0.25) is 4.99 Å². The molecule has 1 fully saturated rings. The fraction of sp³-hybridized carbons (Fsp3) is 0.381. The Balaban J connectivity index is 1.32. The van der Waals surface area contributed by atoms with Crippen LogP contribution in [0.4, 0.5) is 0 Å². The van der Waals surface area contributed by atoms with Gasteiger partial charge in [-0.2, -0.15) is 0 Å². The first-order valence-electron chi connectivity index (χ1n) is 9.32. The van der Waals surface area contributed by atoms with Gasteiger partial charge in [-0.1, -0.05) is 36.4 Å². The van der Waals surface area contributed by atoms with E-state index in [-0.39, 0.29) is 0 Å². The zero-order valence-electron chi connectivity index (χ0n) is 15.1. The molecule has 0 saturated heterocycles. The van der Waals surface area contributed by atoms with E-state index in [1.54, 1.807) is 0 Å². The van der Waals surface area contributed by atoms with E-state index < -0.39 is 0 Å². The number of rotatable bonds is 6. The molecule has 2 unspecified atom stereocenters. The zero-order valence-corrected chi connectivity index (χ0v) is 15.1. The second kappa shape index (κ2) is 7.68. The molecular weight excluding hydrogens is 326 g/mol. The molecule has 136 valence electrons. The van der Waals surface area contributed by atoms with Crippen molar-refractivity contribution in [3.8, 4) is 11.5 Å². The summed E-state index contributed by atoms with van der Waals surface area (Å²) in [5.74, 6) is 3.15. The summed E-state index contributed by atoms with van der Waals surface area (Å²) in [6.45, 7) is 4.00. The van der Waals surface area contributed by atoms with E-state index in [4.69, 9.17) is 14.5 Å². The van der Waals surface area contributed by atoms with Crippen LogP contribution in [-0.4, -0.2) is 31.9 Å². The first-order valence-corrected chi connectivity index (χ1v) is 9.32. The Labute approximate surface area is 154 Å². The molecular formula is C21H25N3O2. The lowest BCUT2D eigenvalue weighted by Gasteiger charge is -2.11. The molecule has 1 saturated carbocycles. The number of ether oxygens (including phenoxy) is 2. The standard InChI is InChI=1S/C21H25N3O2/c1-2-22-21(24-18-13-17(18)16-6-4-3-5-7-16)23-11-10-15-8-9-19-20(12-15)26-14-25-19/h3-9,12,17-18H,2,10-11,13-14H2,1H3,(H2,22,23,24). The number of benzene rings is 2. The number of guanidine groups is 1. The highest BCUT2D eigenvalue weighted by Gasteiger charge is 2.38. The molecule has 4 rings (SSSR count). The summed E-state index contributed by atoms with van der Waals surface area (Å²) in [5.41, 5.74) is 2.61. The highest BCUT2D eigenvalue weighted by Crippen LogP contribution is 2.40. The van der Waals surface area contributed by atoms with E-state index in [9.17, 15) is 0 Å². The lowest BCUT2D eigenvalue weighted by molar-refractivity contribution is 0.174. The molecule has 2 N–H and O–H groups in total. The van der Waals surface area contributed by atoms with Gasteiger partial charge in [0.1, 0.15) is 0 Å². The molecule has 5 heteroatoms. The van der Waals surface area contributed by atoms with Crippen molar-refractivity contribution in [3.05, 3.63) is 59.7 Å². The largest absolute Gasteiger partial charge is 0.454 e. The maximum Gasteiger partial charge on any atom is 0.231 e. The number of hydrogen-bond donors (Lipinski definition) is 2. The van der Waals surface area contributed by atoms with Crippen molar-refractivity contribution in [3.63, 3.8) is 0 Å². The van der Waals surface area contributed by atoms with Crippen LogP contribution in [0.1, 0.15) is 30.4 Å². The Bertz CT molecular complexity index is 776. The van der Waals surface area contributed by atoms with E-state index in [0.717, 1.165) is 43.4 Å². The molecule has 0 aromatic heterocycles. The number of hydrogen-bond acceptors (Lipinski definition) is 3. The summed E-state index contributed by atoms with van der Waals surface area (Å²) >= 11 is 0. The first-order chi connectivity index (χ1) is 12.8. The molecule has 1 aliphatic carbocycles. The molecule has 26 heavy (non-hydrogen) atoms. The molecule has 0 amide bonds. The monoisotopic (exact) mass is 351 g/mol. The molecule has 2 aromatic rings. The minimum atomic E-state index is 0.315. The van der Waals surface area contributed by atoms with Gasteiger partial charge >= 0.3 is 0 Å². The minimum absolute atomic E-state index is 0.315. The second-order valence-electron chi connectivity index (χ2n) is 6.70. The van der Waals surface area contributed by atoms with E-state index in [2.05, 4.69) is 54.0 Å². The number of aliphatic imine (C=N–C) groups is 1. The number of nitrogens with zero attached hydrogens (tertiary/aromatic N) is 1. The van der Waals surface area contributed by atoms with Crippen LogP contribution in [0.5, 0.6) is 11.5 Å². The third-order valence-electron chi connectivity index (χ3n) is 4.79. The van der Waals surface area contributed by atoms with E-state index in [1.165, 1.54) is 11.1 Å². The van der Waals surface area contributed by atoms with Crippen LogP contribution < -0.4 is 20.1 Å². The van der Waals surface area contributed by atoms with Crippen LogP contribution in [0.3, 0.4) is 0 Å². The fourth-order valence-electron chi connectivity index (χ4n) is 3.31. The number of fused-ring (bicyclic) bond motifs is 1. The van der Waals surface area contributed by atoms with Crippen LogP contribution in [0.15, 0.2) is 53.5 Å². The molecule has 1 aliphatic heterocycles. The van der Waals surface area contributed by atoms with Gasteiger partial charge in [-0.05, 0) is 43.0 Å². The average Bonchev–Trinajstić information content (AvgIpc) is 3.27. The maximum absolute atomic E-state index is 5.44. The predicted octanol–water partition coefficient (Wildman–Crippen LogP) is 3.07. The molecule has 1 heterocycles. The predicted molar refractivity (Wildman–Crippen MR) is 103 cm³/mol. The van der Waals surface area contributed by atoms with Crippen LogP contribution in [0, 0.1) is 0 Å². The average molecular weight is 351 g/mol. The molecule has 0 radical (unpaired) electrons. The SMILES string of the molecule is CCNC(=NCCc1ccc2c(c1)OCO2)NC1CC1c1ccccc1.